The highest BCUT2D eigenvalue weighted by molar-refractivity contribution is 5.76. The van der Waals surface area contributed by atoms with Crippen molar-refractivity contribution in [3.8, 4) is 0 Å². The molecule has 0 aliphatic carbocycles. The summed E-state index contributed by atoms with van der Waals surface area (Å²) in [6.45, 7) is 4.97. The zero-order valence-electron chi connectivity index (χ0n) is 54.3. The Hall–Kier alpha value is -1.66. The van der Waals surface area contributed by atoms with E-state index in [0.29, 0.717) is 25.9 Å². The molecule has 6 heteroatoms. The average molecular weight is 1130 g/mol. The van der Waals surface area contributed by atoms with Gasteiger partial charge >= 0.3 is 5.97 Å². The molecule has 0 radical (unpaired) electrons. The van der Waals surface area contributed by atoms with Crippen LogP contribution in [0.15, 0.2) is 24.3 Å². The number of hydrogen-bond acceptors (Lipinski definition) is 5. The summed E-state index contributed by atoms with van der Waals surface area (Å²) in [5.41, 5.74) is 0. The van der Waals surface area contributed by atoms with Crippen molar-refractivity contribution in [1.29, 1.82) is 0 Å². The zero-order valence-corrected chi connectivity index (χ0v) is 54.3. The first kappa shape index (κ1) is 78.3. The van der Waals surface area contributed by atoms with Crippen molar-refractivity contribution in [2.24, 2.45) is 0 Å². The quantitative estimate of drug-likeness (QED) is 0.0320. The van der Waals surface area contributed by atoms with E-state index in [4.69, 9.17) is 4.74 Å². The lowest BCUT2D eigenvalue weighted by Crippen LogP contribution is -2.45. The molecule has 2 unspecified atom stereocenters. The molecule has 0 heterocycles. The van der Waals surface area contributed by atoms with Gasteiger partial charge in [0.05, 0.1) is 25.4 Å². The molecule has 0 fully saturated rings. The second kappa shape index (κ2) is 69.8. The predicted octanol–water partition coefficient (Wildman–Crippen LogP) is 23.7. The predicted molar refractivity (Wildman–Crippen MR) is 352 cm³/mol. The first-order chi connectivity index (χ1) is 39.5. The van der Waals surface area contributed by atoms with Gasteiger partial charge in [0.1, 0.15) is 0 Å². The van der Waals surface area contributed by atoms with Gasteiger partial charge in [0.15, 0.2) is 0 Å². The molecule has 2 atom stereocenters. The van der Waals surface area contributed by atoms with Gasteiger partial charge in [-0.1, -0.05) is 366 Å². The minimum atomic E-state index is -0.663. The number of amides is 1. The lowest BCUT2D eigenvalue weighted by atomic mass is 10.0. The Kier molecular flexibility index (Phi) is 68.4. The maximum Gasteiger partial charge on any atom is 0.305 e. The van der Waals surface area contributed by atoms with E-state index in [9.17, 15) is 19.8 Å². The molecule has 0 rings (SSSR count). The second-order valence-electron chi connectivity index (χ2n) is 25.3. The molecule has 0 aromatic rings. The topological polar surface area (TPSA) is 95.9 Å². The number of aliphatic hydroxyl groups excluding tert-OH is 2. The van der Waals surface area contributed by atoms with E-state index >= 15 is 0 Å². The Balaban J connectivity index is 3.35. The number of unbranched alkanes of at least 4 members (excludes halogenated alkanes) is 54. The fourth-order valence-corrected chi connectivity index (χ4v) is 11.7. The largest absolute Gasteiger partial charge is 0.466 e. The van der Waals surface area contributed by atoms with E-state index in [1.165, 1.54) is 327 Å². The van der Waals surface area contributed by atoms with Crippen LogP contribution in [0.4, 0.5) is 0 Å². The van der Waals surface area contributed by atoms with Gasteiger partial charge in [-0.2, -0.15) is 0 Å². The number of rotatable bonds is 69. The standard InChI is InChI=1S/C74H143NO5/c1-3-5-7-9-11-13-15-17-19-21-22-32-35-38-42-46-50-54-58-62-66-72(77)71(70-76)75-73(78)67-63-59-55-51-47-43-39-36-33-30-28-26-24-23-25-27-29-31-34-37-41-45-49-53-57-61-65-69-80-74(79)68-64-60-56-52-48-44-40-20-18-16-14-12-10-8-6-4-2/h14,16,20,40,71-72,76-77H,3-13,15,17-19,21-39,41-70H2,1-2H3,(H,75,78)/b16-14-,40-20-. The van der Waals surface area contributed by atoms with Crippen molar-refractivity contribution < 1.29 is 24.5 Å². The maximum atomic E-state index is 12.5. The highest BCUT2D eigenvalue weighted by Crippen LogP contribution is 2.19. The van der Waals surface area contributed by atoms with Crippen molar-refractivity contribution in [1.82, 2.24) is 5.32 Å². The highest BCUT2D eigenvalue weighted by atomic mass is 16.5. The molecule has 0 saturated heterocycles. The van der Waals surface area contributed by atoms with Crippen LogP contribution in [-0.2, 0) is 14.3 Å². The van der Waals surface area contributed by atoms with Gasteiger partial charge in [0, 0.05) is 12.8 Å². The normalized spacial score (nSPS) is 12.6. The van der Waals surface area contributed by atoms with Gasteiger partial charge in [0.2, 0.25) is 5.91 Å². The van der Waals surface area contributed by atoms with Crippen LogP contribution in [0.2, 0.25) is 0 Å². The summed E-state index contributed by atoms with van der Waals surface area (Å²) in [7, 11) is 0. The van der Waals surface area contributed by atoms with Crippen molar-refractivity contribution in [3.63, 3.8) is 0 Å². The molecule has 474 valence electrons. The van der Waals surface area contributed by atoms with Gasteiger partial charge in [-0.25, -0.2) is 0 Å². The van der Waals surface area contributed by atoms with Crippen LogP contribution in [0.1, 0.15) is 412 Å². The lowest BCUT2D eigenvalue weighted by Gasteiger charge is -2.22. The van der Waals surface area contributed by atoms with E-state index in [0.717, 1.165) is 51.4 Å². The van der Waals surface area contributed by atoms with E-state index in [1.54, 1.807) is 0 Å². The van der Waals surface area contributed by atoms with E-state index in [-0.39, 0.29) is 18.5 Å². The van der Waals surface area contributed by atoms with Gasteiger partial charge in [0.25, 0.3) is 0 Å². The first-order valence-corrected chi connectivity index (χ1v) is 36.6. The van der Waals surface area contributed by atoms with Crippen molar-refractivity contribution >= 4 is 11.9 Å². The van der Waals surface area contributed by atoms with Crippen LogP contribution in [0.25, 0.3) is 0 Å². The molecule has 0 aliphatic heterocycles. The van der Waals surface area contributed by atoms with Crippen LogP contribution in [0.5, 0.6) is 0 Å². The number of carbonyl (C=O) groups excluding carboxylic acids is 2. The molecule has 0 saturated carbocycles. The number of hydrogen-bond donors (Lipinski definition) is 3. The third kappa shape index (κ3) is 65.5. The zero-order chi connectivity index (χ0) is 57.8. The number of carbonyl (C=O) groups is 2. The Morgan fingerprint density at radius 2 is 0.625 bits per heavy atom. The van der Waals surface area contributed by atoms with Crippen LogP contribution < -0.4 is 5.32 Å². The second-order valence-corrected chi connectivity index (χ2v) is 25.3. The molecule has 0 aromatic heterocycles. The number of aliphatic hydroxyl groups is 2. The van der Waals surface area contributed by atoms with Gasteiger partial charge in [-0.05, 0) is 57.8 Å². The Labute approximate surface area is 501 Å². The molecule has 1 amide bonds. The molecular weight excluding hydrogens is 983 g/mol. The van der Waals surface area contributed by atoms with Gasteiger partial charge in [-0.3, -0.25) is 9.59 Å². The minimum Gasteiger partial charge on any atom is -0.466 e. The number of nitrogens with one attached hydrogen (secondary N) is 1. The van der Waals surface area contributed by atoms with Gasteiger partial charge < -0.3 is 20.3 Å². The van der Waals surface area contributed by atoms with Crippen molar-refractivity contribution in [3.05, 3.63) is 24.3 Å². The van der Waals surface area contributed by atoms with Crippen LogP contribution in [-0.4, -0.2) is 47.4 Å². The summed E-state index contributed by atoms with van der Waals surface area (Å²) < 4.78 is 5.49. The summed E-state index contributed by atoms with van der Waals surface area (Å²) in [5, 5.41) is 23.4. The summed E-state index contributed by atoms with van der Waals surface area (Å²) in [6.07, 6.45) is 88.0. The molecular formula is C74H143NO5. The van der Waals surface area contributed by atoms with E-state index in [1.807, 2.05) is 0 Å². The Morgan fingerprint density at radius 1 is 0.350 bits per heavy atom. The Bertz CT molecular complexity index is 1250. The summed E-state index contributed by atoms with van der Waals surface area (Å²) in [4.78, 5) is 24.6. The third-order valence-electron chi connectivity index (χ3n) is 17.3. The summed E-state index contributed by atoms with van der Waals surface area (Å²) in [6, 6.07) is -0.540. The number of allylic oxidation sites excluding steroid dienone is 4. The number of ether oxygens (including phenoxy) is 1. The molecule has 0 bridgehead atoms. The summed E-state index contributed by atoms with van der Waals surface area (Å²) in [5.74, 6) is -0.0223. The molecule has 0 aromatic carbocycles. The minimum absolute atomic E-state index is 0.00548. The summed E-state index contributed by atoms with van der Waals surface area (Å²) >= 11 is 0. The molecule has 6 nitrogen and oxygen atoms in total. The first-order valence-electron chi connectivity index (χ1n) is 36.6. The number of esters is 1. The van der Waals surface area contributed by atoms with Crippen LogP contribution in [0, 0.1) is 0 Å². The fraction of sp³-hybridized carbons (Fsp3) is 0.919. The average Bonchev–Trinajstić information content (AvgIpc) is 3.46. The van der Waals surface area contributed by atoms with Gasteiger partial charge in [-0.15, -0.1) is 0 Å². The van der Waals surface area contributed by atoms with Crippen molar-refractivity contribution in [2.45, 2.75) is 424 Å². The fourth-order valence-electron chi connectivity index (χ4n) is 11.7. The van der Waals surface area contributed by atoms with E-state index in [2.05, 4.69) is 43.5 Å². The van der Waals surface area contributed by atoms with Crippen LogP contribution >= 0.6 is 0 Å². The third-order valence-corrected chi connectivity index (χ3v) is 17.3. The van der Waals surface area contributed by atoms with Crippen molar-refractivity contribution in [2.75, 3.05) is 13.2 Å². The Morgan fingerprint density at radius 3 is 0.963 bits per heavy atom. The molecule has 0 spiro atoms. The van der Waals surface area contributed by atoms with E-state index < -0.39 is 12.1 Å². The highest BCUT2D eigenvalue weighted by Gasteiger charge is 2.20. The molecule has 3 N–H and O–H groups in total. The monoisotopic (exact) mass is 1130 g/mol. The molecule has 0 aliphatic rings. The lowest BCUT2D eigenvalue weighted by molar-refractivity contribution is -0.143. The van der Waals surface area contributed by atoms with Crippen LogP contribution in [0.3, 0.4) is 0 Å². The SMILES string of the molecule is CCCCCC/C=C\C/C=C\CCCCCCCC(=O)OCCCCCCCCCCCCCCCCCCCCCCCCCCCCCC(=O)NC(CO)C(O)CCCCCCCCCCCCCCCCCCCCCC. The molecule has 80 heavy (non-hydrogen) atoms. The smallest absolute Gasteiger partial charge is 0.305 e. The maximum absolute atomic E-state index is 12.5.